The number of ether oxygens (including phenoxy) is 2. The summed E-state index contributed by atoms with van der Waals surface area (Å²) in [6.45, 7) is 0.159. The molecule has 0 bridgehead atoms. The lowest BCUT2D eigenvalue weighted by atomic mass is 9.79. The van der Waals surface area contributed by atoms with Crippen molar-refractivity contribution >= 4 is 17.5 Å². The van der Waals surface area contributed by atoms with Gasteiger partial charge in [-0.3, -0.25) is 14.6 Å². The number of carbonyl (C=O) groups is 2. The van der Waals surface area contributed by atoms with Crippen molar-refractivity contribution in [1.29, 1.82) is 0 Å². The Morgan fingerprint density at radius 3 is 2.77 bits per heavy atom. The number of nitrogens with zero attached hydrogens (tertiary/aromatic N) is 2. The second kappa shape index (κ2) is 7.18. The number of nitrogens with one attached hydrogen (secondary N) is 1. The molecule has 7 heteroatoms. The van der Waals surface area contributed by atoms with Crippen LogP contribution in [0.15, 0.2) is 67.0 Å². The summed E-state index contributed by atoms with van der Waals surface area (Å²) in [6.07, 6.45) is 3.24. The van der Waals surface area contributed by atoms with Crippen LogP contribution in [0.3, 0.4) is 0 Å². The van der Waals surface area contributed by atoms with Gasteiger partial charge < -0.3 is 19.7 Å². The highest BCUT2D eigenvalue weighted by Gasteiger charge is 2.43. The predicted octanol–water partition coefficient (Wildman–Crippen LogP) is 3.36. The molecular formula is C23H19N3O4. The molecule has 2 aromatic carbocycles. The molecule has 2 aliphatic rings. The van der Waals surface area contributed by atoms with Crippen LogP contribution in [0.5, 0.6) is 11.5 Å². The first-order valence-corrected chi connectivity index (χ1v) is 9.60. The third-order valence-electron chi connectivity index (χ3n) is 5.53. The number of benzene rings is 2. The van der Waals surface area contributed by atoms with Crippen molar-refractivity contribution < 1.29 is 19.1 Å². The van der Waals surface area contributed by atoms with Crippen molar-refractivity contribution in [1.82, 2.24) is 9.88 Å². The van der Waals surface area contributed by atoms with Crippen molar-refractivity contribution in [3.05, 3.63) is 83.7 Å². The Kier molecular flexibility index (Phi) is 4.35. The van der Waals surface area contributed by atoms with Crippen LogP contribution in [0.2, 0.25) is 0 Å². The van der Waals surface area contributed by atoms with Crippen LogP contribution in [-0.2, 0) is 4.79 Å². The normalized spacial score (nSPS) is 19.4. The fraction of sp³-hybridized carbons (Fsp3) is 0.174. The number of aromatic nitrogens is 1. The first-order chi connectivity index (χ1) is 14.6. The van der Waals surface area contributed by atoms with Gasteiger partial charge in [-0.2, -0.15) is 0 Å². The van der Waals surface area contributed by atoms with E-state index in [9.17, 15) is 9.59 Å². The van der Waals surface area contributed by atoms with E-state index in [0.29, 0.717) is 28.3 Å². The molecule has 30 heavy (non-hydrogen) atoms. The largest absolute Gasteiger partial charge is 0.454 e. The average Bonchev–Trinajstić information content (AvgIpc) is 3.24. The van der Waals surface area contributed by atoms with Crippen molar-refractivity contribution in [3.63, 3.8) is 0 Å². The molecule has 0 aliphatic carbocycles. The van der Waals surface area contributed by atoms with Gasteiger partial charge in [0.2, 0.25) is 12.7 Å². The minimum atomic E-state index is -0.607. The molecule has 7 nitrogen and oxygen atoms in total. The number of fused-ring (bicyclic) bond motifs is 2. The van der Waals surface area contributed by atoms with Crippen molar-refractivity contribution in [3.8, 4) is 11.5 Å². The van der Waals surface area contributed by atoms with Crippen LogP contribution < -0.4 is 14.8 Å². The second-order valence-electron chi connectivity index (χ2n) is 7.27. The number of carbonyl (C=O) groups excluding carboxylic acids is 2. The topological polar surface area (TPSA) is 80.8 Å². The van der Waals surface area contributed by atoms with Gasteiger partial charge in [-0.05, 0) is 41.5 Å². The van der Waals surface area contributed by atoms with Crippen LogP contribution in [0.1, 0.15) is 33.4 Å². The molecule has 0 fully saturated rings. The number of anilines is 1. The zero-order valence-electron chi connectivity index (χ0n) is 16.2. The van der Waals surface area contributed by atoms with Crippen LogP contribution in [0, 0.1) is 0 Å². The fourth-order valence-corrected chi connectivity index (χ4v) is 4.13. The van der Waals surface area contributed by atoms with E-state index in [0.717, 1.165) is 5.56 Å². The number of likely N-dealkylation sites (N-methyl/N-ethyl adjacent to an activating group) is 1. The highest BCUT2D eigenvalue weighted by molar-refractivity contribution is 6.04. The third kappa shape index (κ3) is 2.95. The molecule has 5 rings (SSSR count). The van der Waals surface area contributed by atoms with Crippen LogP contribution in [0.25, 0.3) is 0 Å². The van der Waals surface area contributed by atoms with E-state index >= 15 is 0 Å². The average molecular weight is 401 g/mol. The first kappa shape index (κ1) is 18.2. The van der Waals surface area contributed by atoms with E-state index < -0.39 is 12.0 Å². The molecule has 0 spiro atoms. The molecule has 3 aromatic rings. The van der Waals surface area contributed by atoms with Gasteiger partial charge in [0.1, 0.15) is 0 Å². The maximum atomic E-state index is 13.5. The van der Waals surface area contributed by atoms with E-state index in [1.165, 1.54) is 0 Å². The first-order valence-electron chi connectivity index (χ1n) is 9.60. The lowest BCUT2D eigenvalue weighted by Gasteiger charge is -2.39. The van der Waals surface area contributed by atoms with Crippen molar-refractivity contribution in [2.75, 3.05) is 19.2 Å². The molecule has 0 unspecified atom stereocenters. The van der Waals surface area contributed by atoms with Gasteiger partial charge in [-0.1, -0.05) is 24.3 Å². The third-order valence-corrected chi connectivity index (χ3v) is 5.53. The van der Waals surface area contributed by atoms with Gasteiger partial charge in [0, 0.05) is 18.8 Å². The Labute approximate surface area is 173 Å². The van der Waals surface area contributed by atoms with Crippen molar-refractivity contribution in [2.45, 2.75) is 12.0 Å². The summed E-state index contributed by atoms with van der Waals surface area (Å²) in [4.78, 5) is 32.2. The van der Waals surface area contributed by atoms with Gasteiger partial charge in [0.15, 0.2) is 11.5 Å². The summed E-state index contributed by atoms with van der Waals surface area (Å²) in [5.74, 6) is 0.319. The Morgan fingerprint density at radius 2 is 1.93 bits per heavy atom. The maximum Gasteiger partial charge on any atom is 0.254 e. The Bertz CT molecular complexity index is 1130. The number of amides is 2. The Morgan fingerprint density at radius 1 is 1.10 bits per heavy atom. The molecule has 1 aromatic heterocycles. The smallest absolute Gasteiger partial charge is 0.254 e. The van der Waals surface area contributed by atoms with Gasteiger partial charge in [-0.25, -0.2) is 0 Å². The fourth-order valence-electron chi connectivity index (χ4n) is 4.13. The molecule has 2 aliphatic heterocycles. The molecule has 1 N–H and O–H groups in total. The molecule has 2 atom stereocenters. The van der Waals surface area contributed by atoms with Gasteiger partial charge >= 0.3 is 0 Å². The summed E-state index contributed by atoms with van der Waals surface area (Å²) in [7, 11) is 1.72. The Balaban J connectivity index is 1.61. The van der Waals surface area contributed by atoms with E-state index in [1.54, 1.807) is 42.5 Å². The predicted molar refractivity (Wildman–Crippen MR) is 109 cm³/mol. The lowest BCUT2D eigenvalue weighted by Crippen LogP contribution is -2.44. The van der Waals surface area contributed by atoms with Gasteiger partial charge in [0.25, 0.3) is 5.91 Å². The van der Waals surface area contributed by atoms with E-state index in [-0.39, 0.29) is 18.6 Å². The van der Waals surface area contributed by atoms with E-state index in [4.69, 9.17) is 9.47 Å². The molecule has 0 saturated carbocycles. The van der Waals surface area contributed by atoms with Gasteiger partial charge in [-0.15, -0.1) is 0 Å². The minimum Gasteiger partial charge on any atom is -0.454 e. The minimum absolute atomic E-state index is 0.126. The molecule has 150 valence electrons. The zero-order valence-corrected chi connectivity index (χ0v) is 16.2. The summed E-state index contributed by atoms with van der Waals surface area (Å²) in [5, 5.41) is 2.94. The van der Waals surface area contributed by atoms with Gasteiger partial charge in [0.05, 0.1) is 23.8 Å². The molecule has 3 heterocycles. The van der Waals surface area contributed by atoms with Crippen LogP contribution in [-0.4, -0.2) is 35.5 Å². The van der Waals surface area contributed by atoms with Crippen LogP contribution in [0.4, 0.5) is 5.69 Å². The number of pyridine rings is 1. The summed E-state index contributed by atoms with van der Waals surface area (Å²) in [6, 6.07) is 15.8. The number of hydrogen-bond acceptors (Lipinski definition) is 5. The van der Waals surface area contributed by atoms with Crippen molar-refractivity contribution in [2.24, 2.45) is 0 Å². The molecular weight excluding hydrogens is 382 g/mol. The molecule has 2 amide bonds. The summed E-state index contributed by atoms with van der Waals surface area (Å²) in [5.41, 5.74) is 2.63. The lowest BCUT2D eigenvalue weighted by molar-refractivity contribution is -0.119. The van der Waals surface area contributed by atoms with E-state index in [1.807, 2.05) is 36.4 Å². The quantitative estimate of drug-likeness (QED) is 0.728. The summed E-state index contributed by atoms with van der Waals surface area (Å²) >= 11 is 0. The molecule has 0 radical (unpaired) electrons. The molecule has 0 saturated heterocycles. The number of rotatable bonds is 3. The monoisotopic (exact) mass is 401 g/mol. The Hall–Kier alpha value is -3.87. The zero-order chi connectivity index (χ0) is 20.7. The summed E-state index contributed by atoms with van der Waals surface area (Å²) < 4.78 is 10.9. The highest BCUT2D eigenvalue weighted by Crippen LogP contribution is 2.45. The van der Waals surface area contributed by atoms with Crippen LogP contribution >= 0.6 is 0 Å². The number of hydrogen-bond donors (Lipinski definition) is 1. The van der Waals surface area contributed by atoms with E-state index in [2.05, 4.69) is 10.3 Å². The maximum absolute atomic E-state index is 13.5. The standard InChI is InChI=1S/C23H19N3O4/c1-26-21(14-8-9-18-19(11-14)30-13-29-18)20(16-6-2-3-7-17(16)23(26)28)22(27)25-15-5-4-10-24-12-15/h2-12,20-21H,13H2,1H3,(H,25,27)/t20-,21+/m0/s1. The second-order valence-corrected chi connectivity index (χ2v) is 7.27. The highest BCUT2D eigenvalue weighted by atomic mass is 16.7. The SMILES string of the molecule is CN1C(=O)c2ccccc2[C@H](C(=O)Nc2cccnc2)[C@H]1c1ccc2c(c1)OCO2.